The molecule has 1 rings (SSSR count). The van der Waals surface area contributed by atoms with Crippen LogP contribution >= 0.6 is 11.3 Å². The van der Waals surface area contributed by atoms with Crippen molar-refractivity contribution in [3.05, 3.63) is 16.3 Å². The highest BCUT2D eigenvalue weighted by atomic mass is 32.1. The van der Waals surface area contributed by atoms with E-state index < -0.39 is 0 Å². The lowest BCUT2D eigenvalue weighted by Crippen LogP contribution is -2.39. The topological polar surface area (TPSA) is 55.6 Å². The molecule has 0 aliphatic carbocycles. The summed E-state index contributed by atoms with van der Waals surface area (Å²) in [6, 6.07) is 1.76. The van der Waals surface area contributed by atoms with Gasteiger partial charge >= 0.3 is 0 Å². The molecule has 0 saturated heterocycles. The lowest BCUT2D eigenvalue weighted by Gasteiger charge is -2.28. The summed E-state index contributed by atoms with van der Waals surface area (Å²) < 4.78 is 5.07. The quantitative estimate of drug-likeness (QED) is 0.874. The maximum absolute atomic E-state index is 12.1. The first kappa shape index (κ1) is 14.0. The van der Waals surface area contributed by atoms with Crippen molar-refractivity contribution >= 4 is 17.2 Å². The van der Waals surface area contributed by atoms with Crippen molar-refractivity contribution in [2.24, 2.45) is 11.1 Å². The number of amides is 1. The van der Waals surface area contributed by atoms with Crippen molar-refractivity contribution in [3.63, 3.8) is 0 Å². The Morgan fingerprint density at radius 1 is 1.59 bits per heavy atom. The molecule has 1 aromatic rings. The third kappa shape index (κ3) is 3.71. The van der Waals surface area contributed by atoms with E-state index in [2.05, 4.69) is 0 Å². The molecule has 0 spiro atoms. The van der Waals surface area contributed by atoms with Crippen molar-refractivity contribution in [1.82, 2.24) is 4.90 Å². The number of rotatable bonds is 5. The van der Waals surface area contributed by atoms with E-state index in [1.54, 1.807) is 25.1 Å². The van der Waals surface area contributed by atoms with E-state index >= 15 is 0 Å². The number of carbonyl (C=O) groups is 1. The molecule has 1 heterocycles. The summed E-state index contributed by atoms with van der Waals surface area (Å²) in [6.45, 7) is 5.29. The molecule has 1 amide bonds. The Morgan fingerprint density at radius 2 is 2.24 bits per heavy atom. The first-order chi connectivity index (χ1) is 7.89. The van der Waals surface area contributed by atoms with Gasteiger partial charge in [-0.25, -0.2) is 0 Å². The van der Waals surface area contributed by atoms with Gasteiger partial charge in [-0.05, 0) is 12.0 Å². The van der Waals surface area contributed by atoms with Crippen LogP contribution in [0.2, 0.25) is 0 Å². The maximum Gasteiger partial charge on any atom is 0.263 e. The van der Waals surface area contributed by atoms with Gasteiger partial charge < -0.3 is 15.4 Å². The zero-order valence-electron chi connectivity index (χ0n) is 10.8. The number of ether oxygens (including phenoxy) is 1. The highest BCUT2D eigenvalue weighted by Crippen LogP contribution is 2.23. The Hall–Kier alpha value is -1.07. The van der Waals surface area contributed by atoms with Crippen LogP contribution in [0.3, 0.4) is 0 Å². The molecule has 0 fully saturated rings. The van der Waals surface area contributed by atoms with Gasteiger partial charge in [-0.2, -0.15) is 0 Å². The van der Waals surface area contributed by atoms with E-state index in [9.17, 15) is 4.79 Å². The van der Waals surface area contributed by atoms with Crippen molar-refractivity contribution in [2.75, 3.05) is 27.2 Å². The average Bonchev–Trinajstić information content (AvgIpc) is 2.76. The summed E-state index contributed by atoms with van der Waals surface area (Å²) in [5.74, 6) is 0.740. The number of thiophene rings is 1. The van der Waals surface area contributed by atoms with Gasteiger partial charge in [-0.15, -0.1) is 11.3 Å². The molecule has 0 saturated carbocycles. The fourth-order valence-corrected chi connectivity index (χ4v) is 2.35. The summed E-state index contributed by atoms with van der Waals surface area (Å²) in [6.07, 6.45) is 0. The molecule has 0 radical (unpaired) electrons. The largest absolute Gasteiger partial charge is 0.496 e. The van der Waals surface area contributed by atoms with E-state index in [0.29, 0.717) is 18.0 Å². The molecule has 0 aliphatic rings. The third-order valence-electron chi connectivity index (χ3n) is 2.59. The molecule has 0 atom stereocenters. The molecule has 5 heteroatoms. The smallest absolute Gasteiger partial charge is 0.263 e. The molecular formula is C12H20N2O2S. The predicted octanol–water partition coefficient (Wildman–Crippen LogP) is 1.81. The van der Waals surface area contributed by atoms with Gasteiger partial charge in [0.2, 0.25) is 0 Å². The number of nitrogens with two attached hydrogens (primary N) is 1. The summed E-state index contributed by atoms with van der Waals surface area (Å²) in [5.41, 5.74) is 5.60. The highest BCUT2D eigenvalue weighted by molar-refractivity contribution is 7.12. The van der Waals surface area contributed by atoms with Crippen molar-refractivity contribution < 1.29 is 9.53 Å². The predicted molar refractivity (Wildman–Crippen MR) is 70.7 cm³/mol. The summed E-state index contributed by atoms with van der Waals surface area (Å²) in [7, 11) is 3.39. The van der Waals surface area contributed by atoms with Crippen LogP contribution in [0.1, 0.15) is 23.5 Å². The van der Waals surface area contributed by atoms with E-state index in [-0.39, 0.29) is 11.3 Å². The average molecular weight is 256 g/mol. The second-order valence-corrected chi connectivity index (χ2v) is 5.79. The van der Waals surface area contributed by atoms with Gasteiger partial charge in [0.1, 0.15) is 5.75 Å². The normalized spacial score (nSPS) is 11.4. The first-order valence-corrected chi connectivity index (χ1v) is 6.35. The Bertz CT molecular complexity index is 388. The van der Waals surface area contributed by atoms with Crippen molar-refractivity contribution in [1.29, 1.82) is 0 Å². The minimum Gasteiger partial charge on any atom is -0.496 e. The molecule has 0 bridgehead atoms. The van der Waals surface area contributed by atoms with Gasteiger partial charge in [0.25, 0.3) is 5.91 Å². The van der Waals surface area contributed by atoms with Crippen LogP contribution in [0.4, 0.5) is 0 Å². The van der Waals surface area contributed by atoms with Crippen LogP contribution < -0.4 is 10.5 Å². The molecule has 1 aromatic heterocycles. The number of nitrogens with zero attached hydrogens (tertiary/aromatic N) is 1. The molecule has 2 N–H and O–H groups in total. The van der Waals surface area contributed by atoms with Gasteiger partial charge in [0.15, 0.2) is 0 Å². The zero-order valence-corrected chi connectivity index (χ0v) is 11.6. The highest BCUT2D eigenvalue weighted by Gasteiger charge is 2.22. The molecule has 96 valence electrons. The standard InChI is InChI=1S/C12H20N2O2S/c1-12(2,7-13)8-14(3)11(15)10-5-9(16-4)6-17-10/h5-6H,7-8,13H2,1-4H3. The Kier molecular flexibility index (Phi) is 4.54. The second kappa shape index (κ2) is 5.51. The molecule has 0 aromatic carbocycles. The fraction of sp³-hybridized carbons (Fsp3) is 0.583. The van der Waals surface area contributed by atoms with E-state index in [1.807, 2.05) is 19.2 Å². The van der Waals surface area contributed by atoms with Crippen LogP contribution in [-0.2, 0) is 0 Å². The van der Waals surface area contributed by atoms with Crippen molar-refractivity contribution in [3.8, 4) is 5.75 Å². The van der Waals surface area contributed by atoms with E-state index in [0.717, 1.165) is 5.75 Å². The summed E-state index contributed by atoms with van der Waals surface area (Å²) >= 11 is 1.40. The zero-order chi connectivity index (χ0) is 13.1. The number of carbonyl (C=O) groups excluding carboxylic acids is 1. The molecule has 0 aliphatic heterocycles. The Morgan fingerprint density at radius 3 is 2.71 bits per heavy atom. The van der Waals surface area contributed by atoms with Gasteiger partial charge in [-0.3, -0.25) is 4.79 Å². The molecule has 0 unspecified atom stereocenters. The number of hydrogen-bond acceptors (Lipinski definition) is 4. The van der Waals surface area contributed by atoms with Crippen molar-refractivity contribution in [2.45, 2.75) is 13.8 Å². The van der Waals surface area contributed by atoms with Gasteiger partial charge in [0.05, 0.1) is 12.0 Å². The minimum absolute atomic E-state index is 0.0137. The lowest BCUT2D eigenvalue weighted by atomic mass is 9.93. The monoisotopic (exact) mass is 256 g/mol. The number of hydrogen-bond donors (Lipinski definition) is 1. The summed E-state index contributed by atoms with van der Waals surface area (Å²) in [4.78, 5) is 14.5. The van der Waals surface area contributed by atoms with E-state index in [4.69, 9.17) is 10.5 Å². The molecular weight excluding hydrogens is 236 g/mol. The van der Waals surface area contributed by atoms with Crippen LogP contribution in [0, 0.1) is 5.41 Å². The minimum atomic E-state index is -0.0637. The van der Waals surface area contributed by atoms with E-state index in [1.165, 1.54) is 11.3 Å². The SMILES string of the molecule is COc1csc(C(=O)N(C)CC(C)(C)CN)c1. The number of methoxy groups -OCH3 is 1. The maximum atomic E-state index is 12.1. The second-order valence-electron chi connectivity index (χ2n) is 4.88. The van der Waals surface area contributed by atoms with Crippen LogP contribution in [0.15, 0.2) is 11.4 Å². The third-order valence-corrected chi connectivity index (χ3v) is 3.48. The van der Waals surface area contributed by atoms with Gasteiger partial charge in [-0.1, -0.05) is 13.8 Å². The fourth-order valence-electron chi connectivity index (χ4n) is 1.50. The lowest BCUT2D eigenvalue weighted by molar-refractivity contribution is 0.0745. The Labute approximate surface area is 106 Å². The van der Waals surface area contributed by atoms with Crippen LogP contribution in [0.25, 0.3) is 0 Å². The molecule has 17 heavy (non-hydrogen) atoms. The van der Waals surface area contributed by atoms with Crippen LogP contribution in [-0.4, -0.2) is 38.1 Å². The van der Waals surface area contributed by atoms with Gasteiger partial charge in [0, 0.05) is 25.0 Å². The first-order valence-electron chi connectivity index (χ1n) is 5.47. The summed E-state index contributed by atoms with van der Waals surface area (Å²) in [5, 5.41) is 1.83. The molecule has 4 nitrogen and oxygen atoms in total. The Balaban J connectivity index is 2.69. The van der Waals surface area contributed by atoms with Crippen LogP contribution in [0.5, 0.6) is 5.75 Å².